The Balaban J connectivity index is 1.70. The zero-order chi connectivity index (χ0) is 14.8. The third kappa shape index (κ3) is 3.14. The molecule has 114 valence electrons. The number of rotatable bonds is 4. The smallest absolute Gasteiger partial charge is 0.110 e. The molecule has 1 saturated carbocycles. The molecule has 0 bridgehead atoms. The minimum atomic E-state index is 0.649. The van der Waals surface area contributed by atoms with Crippen LogP contribution in [0.1, 0.15) is 74.7 Å². The highest BCUT2D eigenvalue weighted by Crippen LogP contribution is 2.37. The van der Waals surface area contributed by atoms with Gasteiger partial charge < -0.3 is 4.98 Å². The molecule has 0 saturated heterocycles. The van der Waals surface area contributed by atoms with Gasteiger partial charge in [0, 0.05) is 5.92 Å². The van der Waals surface area contributed by atoms with Crippen LogP contribution in [0.4, 0.5) is 0 Å². The topological polar surface area (TPSA) is 28.7 Å². The lowest BCUT2D eigenvalue weighted by molar-refractivity contribution is 0.299. The summed E-state index contributed by atoms with van der Waals surface area (Å²) in [6.45, 7) is 6.64. The van der Waals surface area contributed by atoms with E-state index in [1.54, 1.807) is 0 Å². The second-order valence-corrected chi connectivity index (χ2v) is 6.94. The number of benzene rings is 1. The zero-order valence-electron chi connectivity index (χ0n) is 13.7. The zero-order valence-corrected chi connectivity index (χ0v) is 13.7. The maximum atomic E-state index is 4.87. The van der Waals surface area contributed by atoms with E-state index >= 15 is 0 Å². The Hall–Kier alpha value is -1.31. The van der Waals surface area contributed by atoms with Gasteiger partial charge in [-0.2, -0.15) is 0 Å². The minimum absolute atomic E-state index is 0.649. The fourth-order valence-electron chi connectivity index (χ4n) is 3.70. The molecule has 0 unspecified atom stereocenters. The van der Waals surface area contributed by atoms with Crippen LogP contribution in [0.2, 0.25) is 0 Å². The molecule has 2 aromatic rings. The van der Waals surface area contributed by atoms with Gasteiger partial charge in [-0.3, -0.25) is 0 Å². The number of nitrogens with one attached hydrogen (secondary N) is 1. The van der Waals surface area contributed by atoms with Crippen LogP contribution in [0.5, 0.6) is 0 Å². The first-order valence-electron chi connectivity index (χ1n) is 8.64. The van der Waals surface area contributed by atoms with Crippen molar-refractivity contribution in [1.82, 2.24) is 9.97 Å². The molecule has 3 rings (SSSR count). The number of hydrogen-bond donors (Lipinski definition) is 1. The molecule has 1 aromatic carbocycles. The van der Waals surface area contributed by atoms with Crippen molar-refractivity contribution >= 4 is 11.0 Å². The number of nitrogens with zero attached hydrogens (tertiary/aromatic N) is 1. The molecule has 2 nitrogen and oxygen atoms in total. The minimum Gasteiger partial charge on any atom is -0.342 e. The van der Waals surface area contributed by atoms with Crippen LogP contribution >= 0.6 is 0 Å². The van der Waals surface area contributed by atoms with Gasteiger partial charge in [-0.25, -0.2) is 4.98 Å². The van der Waals surface area contributed by atoms with Crippen LogP contribution < -0.4 is 0 Å². The number of aryl methyl sites for hydroxylation is 2. The molecule has 1 N–H and O–H groups in total. The Morgan fingerprint density at radius 1 is 1.10 bits per heavy atom. The second kappa shape index (κ2) is 6.21. The first-order chi connectivity index (χ1) is 10.2. The van der Waals surface area contributed by atoms with E-state index in [4.69, 9.17) is 4.98 Å². The Morgan fingerprint density at radius 2 is 1.81 bits per heavy atom. The predicted octanol–water partition coefficient (Wildman–Crippen LogP) is 5.64. The molecule has 1 fully saturated rings. The van der Waals surface area contributed by atoms with Crippen molar-refractivity contribution in [3.05, 3.63) is 29.1 Å². The van der Waals surface area contributed by atoms with Gasteiger partial charge in [0.25, 0.3) is 0 Å². The number of fused-ring (bicyclic) bond motifs is 1. The normalized spacial score (nSPS) is 22.8. The van der Waals surface area contributed by atoms with E-state index < -0.39 is 0 Å². The van der Waals surface area contributed by atoms with E-state index in [1.165, 1.54) is 67.4 Å². The summed E-state index contributed by atoms with van der Waals surface area (Å²) in [7, 11) is 0. The van der Waals surface area contributed by atoms with Gasteiger partial charge in [0.1, 0.15) is 5.82 Å². The lowest BCUT2D eigenvalue weighted by Gasteiger charge is -2.27. The largest absolute Gasteiger partial charge is 0.342 e. The third-order valence-electron chi connectivity index (χ3n) is 5.32. The van der Waals surface area contributed by atoms with Gasteiger partial charge in [0.15, 0.2) is 0 Å². The summed E-state index contributed by atoms with van der Waals surface area (Å²) in [5.41, 5.74) is 5.03. The number of H-pyrrole nitrogens is 1. The average molecular weight is 284 g/mol. The molecule has 0 atom stereocenters. The molecule has 1 heterocycles. The van der Waals surface area contributed by atoms with Crippen molar-refractivity contribution in [2.24, 2.45) is 5.92 Å². The number of imidazole rings is 1. The van der Waals surface area contributed by atoms with Crippen LogP contribution in [0.15, 0.2) is 12.1 Å². The fraction of sp³-hybridized carbons (Fsp3) is 0.632. The Kier molecular flexibility index (Phi) is 4.32. The van der Waals surface area contributed by atoms with Gasteiger partial charge >= 0.3 is 0 Å². The number of aromatic nitrogens is 2. The lowest BCUT2D eigenvalue weighted by atomic mass is 9.79. The molecular weight excluding hydrogens is 256 g/mol. The highest BCUT2D eigenvalue weighted by molar-refractivity contribution is 5.77. The Morgan fingerprint density at radius 3 is 2.52 bits per heavy atom. The molecular formula is C19H28N2. The van der Waals surface area contributed by atoms with Crippen molar-refractivity contribution in [2.45, 2.75) is 71.6 Å². The summed E-state index contributed by atoms with van der Waals surface area (Å²) < 4.78 is 0. The second-order valence-electron chi connectivity index (χ2n) is 6.94. The summed E-state index contributed by atoms with van der Waals surface area (Å²) in [4.78, 5) is 8.45. The van der Waals surface area contributed by atoms with Crippen molar-refractivity contribution < 1.29 is 0 Å². The van der Waals surface area contributed by atoms with E-state index in [-0.39, 0.29) is 0 Å². The summed E-state index contributed by atoms with van der Waals surface area (Å²) in [5, 5.41) is 0. The van der Waals surface area contributed by atoms with Crippen LogP contribution in [0.25, 0.3) is 11.0 Å². The van der Waals surface area contributed by atoms with Gasteiger partial charge in [0.2, 0.25) is 0 Å². The van der Waals surface area contributed by atoms with E-state index in [0.29, 0.717) is 5.92 Å². The molecule has 0 radical (unpaired) electrons. The van der Waals surface area contributed by atoms with E-state index in [2.05, 4.69) is 37.9 Å². The van der Waals surface area contributed by atoms with Gasteiger partial charge in [-0.05, 0) is 68.7 Å². The highest BCUT2D eigenvalue weighted by Gasteiger charge is 2.24. The molecule has 1 aliphatic rings. The maximum Gasteiger partial charge on any atom is 0.110 e. The first kappa shape index (κ1) is 14.6. The highest BCUT2D eigenvalue weighted by atomic mass is 14.9. The molecule has 0 amide bonds. The number of hydrogen-bond acceptors (Lipinski definition) is 1. The van der Waals surface area contributed by atoms with E-state index in [9.17, 15) is 0 Å². The number of aromatic amines is 1. The van der Waals surface area contributed by atoms with Crippen molar-refractivity contribution in [3.8, 4) is 0 Å². The van der Waals surface area contributed by atoms with Crippen molar-refractivity contribution in [2.75, 3.05) is 0 Å². The summed E-state index contributed by atoms with van der Waals surface area (Å²) >= 11 is 0. The maximum absolute atomic E-state index is 4.87. The lowest BCUT2D eigenvalue weighted by Crippen LogP contribution is -2.14. The molecule has 2 heteroatoms. The summed E-state index contributed by atoms with van der Waals surface area (Å²) in [5.74, 6) is 2.84. The van der Waals surface area contributed by atoms with Crippen LogP contribution in [0.3, 0.4) is 0 Å². The molecule has 1 aromatic heterocycles. The predicted molar refractivity (Wildman–Crippen MR) is 89.8 cm³/mol. The van der Waals surface area contributed by atoms with Crippen LogP contribution in [0, 0.1) is 19.8 Å². The molecule has 21 heavy (non-hydrogen) atoms. The van der Waals surface area contributed by atoms with E-state index in [1.807, 2.05) is 0 Å². The quantitative estimate of drug-likeness (QED) is 0.772. The molecule has 0 spiro atoms. The first-order valence-corrected chi connectivity index (χ1v) is 8.64. The average Bonchev–Trinajstić information content (AvgIpc) is 2.89. The van der Waals surface area contributed by atoms with Crippen LogP contribution in [-0.2, 0) is 0 Å². The van der Waals surface area contributed by atoms with Gasteiger partial charge in [0.05, 0.1) is 11.0 Å². The van der Waals surface area contributed by atoms with Crippen molar-refractivity contribution in [3.63, 3.8) is 0 Å². The molecule has 1 aliphatic carbocycles. The Labute approximate surface area is 128 Å². The summed E-state index contributed by atoms with van der Waals surface area (Å²) in [6.07, 6.45) is 9.57. The SMILES string of the molecule is CCCCC1CCC(c2nc3cc(C)c(C)cc3[nH]2)CC1. The fourth-order valence-corrected chi connectivity index (χ4v) is 3.70. The van der Waals surface area contributed by atoms with Crippen LogP contribution in [-0.4, -0.2) is 9.97 Å². The number of unbranched alkanes of at least 4 members (excludes halogenated alkanes) is 1. The molecule has 0 aliphatic heterocycles. The third-order valence-corrected chi connectivity index (χ3v) is 5.32. The monoisotopic (exact) mass is 284 g/mol. The van der Waals surface area contributed by atoms with Gasteiger partial charge in [-0.1, -0.05) is 26.2 Å². The Bertz CT molecular complexity index is 564. The standard InChI is InChI=1S/C19H28N2/c1-4-5-6-15-7-9-16(10-8-15)19-20-17-11-13(2)14(3)12-18(17)21-19/h11-12,15-16H,4-10H2,1-3H3,(H,20,21). The summed E-state index contributed by atoms with van der Waals surface area (Å²) in [6, 6.07) is 4.46. The van der Waals surface area contributed by atoms with Gasteiger partial charge in [-0.15, -0.1) is 0 Å². The van der Waals surface area contributed by atoms with Crippen molar-refractivity contribution in [1.29, 1.82) is 0 Å². The van der Waals surface area contributed by atoms with E-state index in [0.717, 1.165) is 11.4 Å².